The number of anilines is 1. The molecule has 20 nitrogen and oxygen atoms in total. The van der Waals surface area contributed by atoms with Crippen molar-refractivity contribution in [3.63, 3.8) is 0 Å². The number of hydrogen-bond acceptors (Lipinski definition) is 10. The molecule has 0 radical (unpaired) electrons. The minimum atomic E-state index is -1.58. The molecular weight excluding hydrogens is 620 g/mol. The summed E-state index contributed by atoms with van der Waals surface area (Å²) in [6, 6.07) is 4.75. The number of nitrogens with one attached hydrogen (secondary N) is 6. The lowest BCUT2D eigenvalue weighted by atomic mass is 10.0. The topological polar surface area (TPSA) is 307 Å². The molecule has 2 bridgehead atoms. The number of aliphatic imine (C=N–C) groups is 1. The summed E-state index contributed by atoms with van der Waals surface area (Å²) in [6.07, 6.45) is 0.644. The molecule has 20 heteroatoms. The molecule has 0 saturated heterocycles. The number of aliphatic carboxylic acids is 1. The van der Waals surface area contributed by atoms with E-state index in [0.717, 1.165) is 4.68 Å². The second-order valence-corrected chi connectivity index (χ2v) is 10.3. The van der Waals surface area contributed by atoms with Crippen molar-refractivity contribution in [3.8, 4) is 0 Å². The molecule has 1 aromatic carbocycles. The minimum Gasteiger partial charge on any atom is -0.481 e. The molecule has 0 fully saturated rings. The number of carboxylic acids is 1. The van der Waals surface area contributed by atoms with Gasteiger partial charge in [-0.1, -0.05) is 35.5 Å². The standard InChI is InChI=1S/C27H36N12O8/c28-27(29)30-8-4-7-16-24(45)32-12-21(41)34-18(10-23(43)44)26(47)36-19-13-39(38-37-19)14-22(42)31-11-20(40)33-17(25(46)35-16)9-15-5-2-1-3-6-15/h1-3,5-6,13,16-18H,4,7-12,14H2,(H,31,42)(H,32,45)(H,33,40)(H,34,41)(H,35,46)(H,36,47)(H,43,44)(H4,28,29,30)/t16-,17-,18-/m0/s1. The third-order valence-corrected chi connectivity index (χ3v) is 6.51. The summed E-state index contributed by atoms with van der Waals surface area (Å²) in [4.78, 5) is 92.7. The maximum Gasteiger partial charge on any atom is 0.305 e. The van der Waals surface area contributed by atoms with E-state index < -0.39 is 85.6 Å². The van der Waals surface area contributed by atoms with Gasteiger partial charge < -0.3 is 48.5 Å². The largest absolute Gasteiger partial charge is 0.481 e. The molecule has 3 atom stereocenters. The normalized spacial score (nSPS) is 20.2. The maximum atomic E-state index is 13.5. The van der Waals surface area contributed by atoms with Gasteiger partial charge in [0.2, 0.25) is 35.4 Å². The van der Waals surface area contributed by atoms with Crippen molar-refractivity contribution in [1.29, 1.82) is 0 Å². The Bertz CT molecular complexity index is 1490. The summed E-state index contributed by atoms with van der Waals surface area (Å²) in [5.74, 6) is -6.50. The molecule has 0 saturated carbocycles. The van der Waals surface area contributed by atoms with Crippen LogP contribution < -0.4 is 43.4 Å². The van der Waals surface area contributed by atoms with E-state index in [1.54, 1.807) is 30.3 Å². The van der Waals surface area contributed by atoms with Crippen molar-refractivity contribution in [3.05, 3.63) is 42.1 Å². The molecular formula is C27H36N12O8. The zero-order valence-electron chi connectivity index (χ0n) is 25.1. The van der Waals surface area contributed by atoms with Crippen molar-refractivity contribution in [2.75, 3.05) is 25.0 Å². The van der Waals surface area contributed by atoms with Gasteiger partial charge >= 0.3 is 5.97 Å². The highest BCUT2D eigenvalue weighted by molar-refractivity contribution is 5.99. The van der Waals surface area contributed by atoms with Gasteiger partial charge in [-0.25, -0.2) is 4.68 Å². The number of carbonyl (C=O) groups excluding carboxylic acids is 6. The summed E-state index contributed by atoms with van der Waals surface area (Å²) in [5, 5.41) is 31.1. The van der Waals surface area contributed by atoms with Crippen molar-refractivity contribution >= 4 is 53.2 Å². The van der Waals surface area contributed by atoms with Crippen LogP contribution in [-0.2, 0) is 46.5 Å². The molecule has 3 rings (SSSR count). The summed E-state index contributed by atoms with van der Waals surface area (Å²) in [5.41, 5.74) is 11.4. The quantitative estimate of drug-likeness (QED) is 0.0740. The maximum absolute atomic E-state index is 13.5. The Morgan fingerprint density at radius 2 is 1.55 bits per heavy atom. The lowest BCUT2D eigenvalue weighted by Gasteiger charge is -2.23. The van der Waals surface area contributed by atoms with Gasteiger partial charge in [0.05, 0.1) is 25.7 Å². The number of guanidine groups is 1. The van der Waals surface area contributed by atoms with Crippen LogP contribution in [0.15, 0.2) is 41.5 Å². The number of carbonyl (C=O) groups is 7. The van der Waals surface area contributed by atoms with E-state index in [0.29, 0.717) is 5.56 Å². The van der Waals surface area contributed by atoms with Crippen molar-refractivity contribution < 1.29 is 38.7 Å². The van der Waals surface area contributed by atoms with Gasteiger partial charge in [-0.15, -0.1) is 5.10 Å². The first-order valence-corrected chi connectivity index (χ1v) is 14.3. The van der Waals surface area contributed by atoms with E-state index in [4.69, 9.17) is 11.5 Å². The molecule has 252 valence electrons. The zero-order chi connectivity index (χ0) is 34.3. The number of aromatic nitrogens is 3. The van der Waals surface area contributed by atoms with E-state index in [1.807, 2.05) is 0 Å². The highest BCUT2D eigenvalue weighted by Gasteiger charge is 2.29. The van der Waals surface area contributed by atoms with Crippen LogP contribution in [0.3, 0.4) is 0 Å². The zero-order valence-corrected chi connectivity index (χ0v) is 25.1. The number of rotatable bonds is 8. The molecule has 47 heavy (non-hydrogen) atoms. The molecule has 1 aromatic heterocycles. The second kappa shape index (κ2) is 17.4. The lowest BCUT2D eigenvalue weighted by molar-refractivity contribution is -0.140. The van der Waals surface area contributed by atoms with Gasteiger partial charge in [-0.2, -0.15) is 0 Å². The van der Waals surface area contributed by atoms with Gasteiger partial charge in [-0.05, 0) is 18.4 Å². The monoisotopic (exact) mass is 656 g/mol. The first kappa shape index (κ1) is 35.4. The van der Waals surface area contributed by atoms with E-state index in [2.05, 4.69) is 47.2 Å². The average Bonchev–Trinajstić information content (AvgIpc) is 3.45. The Morgan fingerprint density at radius 1 is 0.872 bits per heavy atom. The molecule has 0 spiro atoms. The number of nitrogens with two attached hydrogens (primary N) is 2. The van der Waals surface area contributed by atoms with Crippen LogP contribution in [0.1, 0.15) is 24.8 Å². The van der Waals surface area contributed by atoms with Gasteiger partial charge in [0, 0.05) is 13.0 Å². The van der Waals surface area contributed by atoms with Crippen LogP contribution >= 0.6 is 0 Å². The number of hydrogen-bond donors (Lipinski definition) is 9. The Hall–Kier alpha value is -6.08. The van der Waals surface area contributed by atoms with Crippen LogP contribution in [-0.4, -0.2) is 105 Å². The summed E-state index contributed by atoms with van der Waals surface area (Å²) < 4.78 is 1.05. The predicted molar refractivity (Wildman–Crippen MR) is 163 cm³/mol. The highest BCUT2D eigenvalue weighted by Crippen LogP contribution is 2.07. The van der Waals surface area contributed by atoms with Gasteiger partial charge in [-0.3, -0.25) is 38.6 Å². The van der Waals surface area contributed by atoms with E-state index in [9.17, 15) is 38.7 Å². The summed E-state index contributed by atoms with van der Waals surface area (Å²) in [7, 11) is 0. The summed E-state index contributed by atoms with van der Waals surface area (Å²) in [6.45, 7) is -1.49. The van der Waals surface area contributed by atoms with Crippen LogP contribution in [0.4, 0.5) is 5.82 Å². The number of carboxylic acid groups (broad SMARTS) is 1. The van der Waals surface area contributed by atoms with Crippen molar-refractivity contribution in [1.82, 2.24) is 41.6 Å². The van der Waals surface area contributed by atoms with E-state index in [1.165, 1.54) is 6.20 Å². The Kier molecular flexibility index (Phi) is 13.1. The Balaban J connectivity index is 1.87. The molecule has 11 N–H and O–H groups in total. The van der Waals surface area contributed by atoms with Crippen molar-refractivity contribution in [2.24, 2.45) is 16.5 Å². The highest BCUT2D eigenvalue weighted by atomic mass is 16.4. The van der Waals surface area contributed by atoms with E-state index >= 15 is 0 Å². The fraction of sp³-hybridized carbons (Fsp3) is 0.407. The predicted octanol–water partition coefficient (Wildman–Crippen LogP) is -4.31. The molecule has 0 unspecified atom stereocenters. The number of nitrogens with zero attached hydrogens (tertiary/aromatic N) is 4. The molecule has 2 heterocycles. The third kappa shape index (κ3) is 12.4. The van der Waals surface area contributed by atoms with Crippen LogP contribution in [0, 0.1) is 0 Å². The van der Waals surface area contributed by atoms with Gasteiger partial charge in [0.15, 0.2) is 11.8 Å². The molecule has 6 amide bonds. The SMILES string of the molecule is NC(N)=NCCC[C@@H]1NC(=O)[C@H](Cc2ccccc2)NC(=O)CNC(=O)Cn2cc(nn2)NC(=O)[C@H](CC(=O)O)NC(=O)CNC1=O. The lowest BCUT2D eigenvalue weighted by Crippen LogP contribution is -2.56. The smallest absolute Gasteiger partial charge is 0.305 e. The molecule has 1 aliphatic rings. The van der Waals surface area contributed by atoms with Gasteiger partial charge in [0.1, 0.15) is 24.7 Å². The molecule has 2 aromatic rings. The second-order valence-electron chi connectivity index (χ2n) is 10.3. The van der Waals surface area contributed by atoms with E-state index in [-0.39, 0.29) is 37.6 Å². The third-order valence-electron chi connectivity index (χ3n) is 6.51. The van der Waals surface area contributed by atoms with Crippen LogP contribution in [0.25, 0.3) is 0 Å². The number of fused-ring (bicyclic) bond motifs is 2. The summed E-state index contributed by atoms with van der Waals surface area (Å²) >= 11 is 0. The molecule has 1 aliphatic heterocycles. The average molecular weight is 657 g/mol. The van der Waals surface area contributed by atoms with Gasteiger partial charge in [0.25, 0.3) is 0 Å². The number of amides is 6. The molecule has 0 aliphatic carbocycles. The fourth-order valence-corrected chi connectivity index (χ4v) is 4.30. The number of benzene rings is 1. The van der Waals surface area contributed by atoms with Crippen molar-refractivity contribution in [2.45, 2.75) is 50.4 Å². The van der Waals surface area contributed by atoms with Crippen LogP contribution in [0.5, 0.6) is 0 Å². The first-order chi connectivity index (χ1) is 22.4. The Morgan fingerprint density at radius 3 is 2.23 bits per heavy atom. The van der Waals surface area contributed by atoms with Crippen LogP contribution in [0.2, 0.25) is 0 Å². The first-order valence-electron chi connectivity index (χ1n) is 14.3. The fourth-order valence-electron chi connectivity index (χ4n) is 4.30. The Labute approximate surface area is 267 Å². The minimum absolute atomic E-state index is 0.0161.